The van der Waals surface area contributed by atoms with Gasteiger partial charge in [-0.3, -0.25) is 4.40 Å². The van der Waals surface area contributed by atoms with Crippen LogP contribution in [0.15, 0.2) is 72.9 Å². The van der Waals surface area contributed by atoms with Gasteiger partial charge in [0.1, 0.15) is 5.65 Å². The molecular weight excluding hydrogens is 330 g/mol. The Hall–Kier alpha value is -2.91. The van der Waals surface area contributed by atoms with Crippen molar-refractivity contribution in [1.82, 2.24) is 9.38 Å². The number of imidazole rings is 1. The topological polar surface area (TPSA) is 43.3 Å². The van der Waals surface area contributed by atoms with E-state index in [1.54, 1.807) is 0 Å². The molecule has 4 aromatic rings. The fraction of sp³-hybridized carbons (Fsp3) is 0.208. The van der Waals surface area contributed by atoms with E-state index in [1.165, 1.54) is 23.1 Å². The highest BCUT2D eigenvalue weighted by molar-refractivity contribution is 5.82. The summed E-state index contributed by atoms with van der Waals surface area (Å²) < 4.78 is 2.20. The maximum Gasteiger partial charge on any atom is 0.140 e. The van der Waals surface area contributed by atoms with Crippen molar-refractivity contribution < 1.29 is 0 Å². The van der Waals surface area contributed by atoms with Gasteiger partial charge in [0.15, 0.2) is 0 Å². The van der Waals surface area contributed by atoms with E-state index in [2.05, 4.69) is 78.2 Å². The van der Waals surface area contributed by atoms with E-state index in [9.17, 15) is 0 Å². The van der Waals surface area contributed by atoms with Crippen molar-refractivity contribution >= 4 is 5.65 Å². The minimum absolute atomic E-state index is 0.129. The highest BCUT2D eigenvalue weighted by Crippen LogP contribution is 2.40. The number of rotatable bonds is 3. The van der Waals surface area contributed by atoms with Crippen molar-refractivity contribution in [1.29, 1.82) is 0 Å². The smallest absolute Gasteiger partial charge is 0.140 e. The van der Waals surface area contributed by atoms with Crippen LogP contribution in [0.3, 0.4) is 0 Å². The monoisotopic (exact) mass is 353 g/mol. The van der Waals surface area contributed by atoms with E-state index in [1.807, 2.05) is 6.07 Å². The molecule has 0 bridgehead atoms. The van der Waals surface area contributed by atoms with E-state index in [-0.39, 0.29) is 5.54 Å². The minimum atomic E-state index is -0.129. The first kappa shape index (κ1) is 16.3. The van der Waals surface area contributed by atoms with Crippen LogP contribution >= 0.6 is 0 Å². The third-order valence-electron chi connectivity index (χ3n) is 5.87. The van der Waals surface area contributed by atoms with Gasteiger partial charge in [-0.1, -0.05) is 60.7 Å². The molecule has 2 aromatic carbocycles. The summed E-state index contributed by atoms with van der Waals surface area (Å²) >= 11 is 0. The van der Waals surface area contributed by atoms with Crippen molar-refractivity contribution in [2.45, 2.75) is 31.7 Å². The van der Waals surface area contributed by atoms with Gasteiger partial charge in [0.2, 0.25) is 0 Å². The van der Waals surface area contributed by atoms with Gasteiger partial charge < -0.3 is 5.73 Å². The third kappa shape index (κ3) is 2.58. The van der Waals surface area contributed by atoms with E-state index < -0.39 is 0 Å². The largest absolute Gasteiger partial charge is 0.321 e. The van der Waals surface area contributed by atoms with Crippen LogP contribution in [0.4, 0.5) is 0 Å². The lowest BCUT2D eigenvalue weighted by molar-refractivity contribution is 0.253. The van der Waals surface area contributed by atoms with Crippen LogP contribution in [-0.2, 0) is 5.54 Å². The fourth-order valence-electron chi connectivity index (χ4n) is 4.08. The van der Waals surface area contributed by atoms with Crippen LogP contribution in [0.5, 0.6) is 0 Å². The zero-order valence-corrected chi connectivity index (χ0v) is 15.5. The van der Waals surface area contributed by atoms with E-state index >= 15 is 0 Å². The standard InChI is InChI=1S/C24H23N3/c1-17-7-5-16-27-22(19-8-3-2-4-9-19)21(26-23(17)27)18-10-12-20(13-11-18)24(25)14-6-15-24/h2-5,7-13,16H,6,14-15,25H2,1H3. The zero-order chi connectivity index (χ0) is 18.4. The molecule has 0 atom stereocenters. The second-order valence-electron chi connectivity index (χ2n) is 7.65. The van der Waals surface area contributed by atoms with Crippen molar-refractivity contribution in [3.63, 3.8) is 0 Å². The van der Waals surface area contributed by atoms with E-state index in [0.717, 1.165) is 35.4 Å². The molecule has 2 heterocycles. The number of nitrogens with two attached hydrogens (primary N) is 1. The molecule has 1 fully saturated rings. The summed E-state index contributed by atoms with van der Waals surface area (Å²) in [6.45, 7) is 2.11. The van der Waals surface area contributed by atoms with Crippen LogP contribution in [-0.4, -0.2) is 9.38 Å². The molecule has 3 nitrogen and oxygen atoms in total. The molecule has 0 saturated heterocycles. The number of hydrogen-bond donors (Lipinski definition) is 1. The molecule has 5 rings (SSSR count). The first-order valence-electron chi connectivity index (χ1n) is 9.59. The van der Waals surface area contributed by atoms with Gasteiger partial charge in [-0.2, -0.15) is 0 Å². The average molecular weight is 353 g/mol. The molecule has 3 heteroatoms. The molecule has 2 N–H and O–H groups in total. The van der Waals surface area contributed by atoms with Crippen molar-refractivity contribution in [2.24, 2.45) is 5.73 Å². The van der Waals surface area contributed by atoms with Gasteiger partial charge in [-0.15, -0.1) is 0 Å². The van der Waals surface area contributed by atoms with Crippen LogP contribution < -0.4 is 5.73 Å². The van der Waals surface area contributed by atoms with Gasteiger partial charge in [-0.25, -0.2) is 4.98 Å². The first-order chi connectivity index (χ1) is 13.2. The molecule has 0 radical (unpaired) electrons. The summed E-state index contributed by atoms with van der Waals surface area (Å²) in [5.41, 5.74) is 14.2. The Morgan fingerprint density at radius 1 is 0.889 bits per heavy atom. The summed E-state index contributed by atoms with van der Waals surface area (Å²) in [5.74, 6) is 0. The molecular formula is C24H23N3. The normalized spacial score (nSPS) is 15.6. The Balaban J connectivity index is 1.70. The summed E-state index contributed by atoms with van der Waals surface area (Å²) in [7, 11) is 0. The quantitative estimate of drug-likeness (QED) is 0.542. The van der Waals surface area contributed by atoms with Crippen molar-refractivity contribution in [3.8, 4) is 22.5 Å². The number of pyridine rings is 1. The Morgan fingerprint density at radius 2 is 1.63 bits per heavy atom. The van der Waals surface area contributed by atoms with E-state index in [0.29, 0.717) is 0 Å². The number of aromatic nitrogens is 2. The number of benzene rings is 2. The van der Waals surface area contributed by atoms with Crippen molar-refractivity contribution in [2.75, 3.05) is 0 Å². The molecule has 1 aliphatic carbocycles. The Morgan fingerprint density at radius 3 is 2.30 bits per heavy atom. The SMILES string of the molecule is Cc1cccn2c(-c3ccccc3)c(-c3ccc(C4(N)CCC4)cc3)nc12. The summed E-state index contributed by atoms with van der Waals surface area (Å²) in [6.07, 6.45) is 5.48. The molecule has 0 amide bonds. The molecule has 2 aromatic heterocycles. The lowest BCUT2D eigenvalue weighted by atomic mass is 9.72. The Kier molecular flexibility index (Phi) is 3.66. The number of hydrogen-bond acceptors (Lipinski definition) is 2. The van der Waals surface area contributed by atoms with Gasteiger partial charge >= 0.3 is 0 Å². The summed E-state index contributed by atoms with van der Waals surface area (Å²) in [4.78, 5) is 5.02. The maximum absolute atomic E-state index is 6.50. The van der Waals surface area contributed by atoms with Crippen LogP contribution in [0.25, 0.3) is 28.2 Å². The number of nitrogens with zero attached hydrogens (tertiary/aromatic N) is 2. The molecule has 0 spiro atoms. The Labute approximate surface area is 159 Å². The van der Waals surface area contributed by atoms with Gasteiger partial charge in [0, 0.05) is 22.9 Å². The molecule has 1 aliphatic rings. The third-order valence-corrected chi connectivity index (χ3v) is 5.87. The second kappa shape index (κ2) is 6.07. The molecule has 134 valence electrons. The molecule has 0 unspecified atom stereocenters. The van der Waals surface area contributed by atoms with Gasteiger partial charge in [-0.05, 0) is 43.4 Å². The van der Waals surface area contributed by atoms with Gasteiger partial charge in [0.05, 0.1) is 11.4 Å². The lowest BCUT2D eigenvalue weighted by Gasteiger charge is -2.38. The Bertz CT molecular complexity index is 1100. The predicted octanol–water partition coefficient (Wildman–Crippen LogP) is 5.31. The number of fused-ring (bicyclic) bond motifs is 1. The number of aryl methyl sites for hydroxylation is 1. The highest BCUT2D eigenvalue weighted by atomic mass is 15.0. The predicted molar refractivity (Wildman–Crippen MR) is 111 cm³/mol. The van der Waals surface area contributed by atoms with Crippen molar-refractivity contribution in [3.05, 3.63) is 84.1 Å². The van der Waals surface area contributed by atoms with Gasteiger partial charge in [0.25, 0.3) is 0 Å². The molecule has 27 heavy (non-hydrogen) atoms. The van der Waals surface area contributed by atoms with Crippen LogP contribution in [0.1, 0.15) is 30.4 Å². The summed E-state index contributed by atoms with van der Waals surface area (Å²) in [6, 6.07) is 23.4. The minimum Gasteiger partial charge on any atom is -0.321 e. The molecule has 0 aliphatic heterocycles. The fourth-order valence-corrected chi connectivity index (χ4v) is 4.08. The van der Waals surface area contributed by atoms with Crippen LogP contribution in [0.2, 0.25) is 0 Å². The molecule has 1 saturated carbocycles. The maximum atomic E-state index is 6.50. The summed E-state index contributed by atoms with van der Waals surface area (Å²) in [5, 5.41) is 0. The highest BCUT2D eigenvalue weighted by Gasteiger charge is 2.34. The first-order valence-corrected chi connectivity index (χ1v) is 9.59. The lowest BCUT2D eigenvalue weighted by Crippen LogP contribution is -2.43. The average Bonchev–Trinajstić information content (AvgIpc) is 3.08. The van der Waals surface area contributed by atoms with Crippen LogP contribution in [0, 0.1) is 6.92 Å². The van der Waals surface area contributed by atoms with E-state index in [4.69, 9.17) is 10.7 Å². The second-order valence-corrected chi connectivity index (χ2v) is 7.65. The zero-order valence-electron chi connectivity index (χ0n) is 15.5.